The quantitative estimate of drug-likeness (QED) is 0.751. The van der Waals surface area contributed by atoms with Crippen molar-refractivity contribution in [2.75, 3.05) is 11.9 Å². The number of anilines is 1. The molecule has 0 aliphatic rings. The van der Waals surface area contributed by atoms with Gasteiger partial charge in [-0.15, -0.1) is 6.42 Å². The Kier molecular flexibility index (Phi) is 4.10. The maximum atomic E-state index is 11.5. The minimum atomic E-state index is -0.464. The molecule has 2 N–H and O–H groups in total. The van der Waals surface area contributed by atoms with Crippen molar-refractivity contribution in [1.29, 1.82) is 0 Å². The first-order valence-electron chi connectivity index (χ1n) is 5.11. The molecule has 0 saturated carbocycles. The van der Waals surface area contributed by atoms with E-state index in [1.165, 1.54) is 0 Å². The molecule has 1 amide bonds. The van der Waals surface area contributed by atoms with Crippen molar-refractivity contribution in [2.45, 2.75) is 19.4 Å². The Balaban J connectivity index is 2.41. The molecule has 0 aromatic heterocycles. The molecule has 1 aromatic rings. The number of para-hydroxylation sites is 1. The third-order valence-electron chi connectivity index (χ3n) is 2.11. The predicted octanol–water partition coefficient (Wildman–Crippen LogP) is 1.63. The lowest BCUT2D eigenvalue weighted by molar-refractivity contribution is -0.115. The smallest absolute Gasteiger partial charge is 0.238 e. The molecule has 0 aliphatic carbocycles. The molecule has 0 fully saturated rings. The second-order valence-corrected chi connectivity index (χ2v) is 4.04. The lowest BCUT2D eigenvalue weighted by Crippen LogP contribution is -2.42. The van der Waals surface area contributed by atoms with E-state index < -0.39 is 5.54 Å². The Morgan fingerprint density at radius 2 is 2.00 bits per heavy atom. The molecule has 1 rings (SSSR count). The number of amides is 1. The van der Waals surface area contributed by atoms with Gasteiger partial charge in [0.2, 0.25) is 5.91 Å². The van der Waals surface area contributed by atoms with Crippen molar-refractivity contribution in [2.24, 2.45) is 0 Å². The summed E-state index contributed by atoms with van der Waals surface area (Å²) in [5, 5.41) is 5.75. The van der Waals surface area contributed by atoms with Gasteiger partial charge in [0.15, 0.2) is 0 Å². The van der Waals surface area contributed by atoms with E-state index in [0.29, 0.717) is 0 Å². The van der Waals surface area contributed by atoms with Gasteiger partial charge in [0, 0.05) is 5.69 Å². The van der Waals surface area contributed by atoms with Crippen LogP contribution in [-0.2, 0) is 4.79 Å². The lowest BCUT2D eigenvalue weighted by Gasteiger charge is -2.19. The molecule has 3 heteroatoms. The molecule has 0 spiro atoms. The highest BCUT2D eigenvalue weighted by molar-refractivity contribution is 5.92. The molecule has 1 aromatic carbocycles. The van der Waals surface area contributed by atoms with Gasteiger partial charge in [0.05, 0.1) is 12.1 Å². The normalized spacial score (nSPS) is 10.6. The van der Waals surface area contributed by atoms with Gasteiger partial charge in [0.25, 0.3) is 0 Å². The predicted molar refractivity (Wildman–Crippen MR) is 66.0 cm³/mol. The Hall–Kier alpha value is -1.79. The molecule has 0 radical (unpaired) electrons. The van der Waals surface area contributed by atoms with Crippen LogP contribution in [0, 0.1) is 12.3 Å². The Morgan fingerprint density at radius 3 is 2.56 bits per heavy atom. The van der Waals surface area contributed by atoms with Crippen LogP contribution in [0.15, 0.2) is 30.3 Å². The van der Waals surface area contributed by atoms with Crippen LogP contribution in [0.4, 0.5) is 5.69 Å². The van der Waals surface area contributed by atoms with Crippen LogP contribution in [0.5, 0.6) is 0 Å². The average Bonchev–Trinajstić information content (AvgIpc) is 2.28. The summed E-state index contributed by atoms with van der Waals surface area (Å²) in [5.41, 5.74) is 0.321. The van der Waals surface area contributed by atoms with Gasteiger partial charge >= 0.3 is 0 Å². The molecule has 0 bridgehead atoms. The number of hydrogen-bond acceptors (Lipinski definition) is 2. The van der Waals surface area contributed by atoms with Crippen LogP contribution in [0.25, 0.3) is 0 Å². The van der Waals surface area contributed by atoms with Crippen molar-refractivity contribution >= 4 is 11.6 Å². The summed E-state index contributed by atoms with van der Waals surface area (Å²) in [7, 11) is 0. The van der Waals surface area contributed by atoms with Gasteiger partial charge in [-0.25, -0.2) is 0 Å². The van der Waals surface area contributed by atoms with Gasteiger partial charge < -0.3 is 5.32 Å². The number of carbonyl (C=O) groups excluding carboxylic acids is 1. The second kappa shape index (κ2) is 5.34. The fourth-order valence-electron chi connectivity index (χ4n) is 1.08. The lowest BCUT2D eigenvalue weighted by atomic mass is 10.1. The Morgan fingerprint density at radius 1 is 1.38 bits per heavy atom. The van der Waals surface area contributed by atoms with Crippen molar-refractivity contribution in [3.05, 3.63) is 30.3 Å². The molecule has 0 saturated heterocycles. The first kappa shape index (κ1) is 12.3. The molecule has 0 atom stereocenters. The highest BCUT2D eigenvalue weighted by Crippen LogP contribution is 2.04. The Bertz CT molecular complexity index is 390. The first-order chi connectivity index (χ1) is 7.53. The van der Waals surface area contributed by atoms with Crippen molar-refractivity contribution in [3.63, 3.8) is 0 Å². The molecule has 0 aliphatic heterocycles. The summed E-state index contributed by atoms with van der Waals surface area (Å²) >= 11 is 0. The number of terminal acetylenes is 1. The average molecular weight is 216 g/mol. The number of hydrogen-bond donors (Lipinski definition) is 2. The van der Waals surface area contributed by atoms with Gasteiger partial charge in [0.1, 0.15) is 0 Å². The summed E-state index contributed by atoms with van der Waals surface area (Å²) in [6.45, 7) is 3.90. The van der Waals surface area contributed by atoms with E-state index in [1.807, 2.05) is 44.2 Å². The number of nitrogens with one attached hydrogen (secondary N) is 2. The minimum absolute atomic E-state index is 0.102. The summed E-state index contributed by atoms with van der Waals surface area (Å²) < 4.78 is 0. The molecule has 16 heavy (non-hydrogen) atoms. The molecule has 0 heterocycles. The zero-order chi connectivity index (χ0) is 12.0. The van der Waals surface area contributed by atoms with Crippen LogP contribution in [0.3, 0.4) is 0 Å². The highest BCUT2D eigenvalue weighted by Gasteiger charge is 2.14. The molecular weight excluding hydrogens is 200 g/mol. The van der Waals surface area contributed by atoms with Crippen LogP contribution < -0.4 is 10.6 Å². The van der Waals surface area contributed by atoms with E-state index in [0.717, 1.165) is 5.69 Å². The van der Waals surface area contributed by atoms with Gasteiger partial charge in [-0.3, -0.25) is 10.1 Å². The van der Waals surface area contributed by atoms with E-state index >= 15 is 0 Å². The topological polar surface area (TPSA) is 41.1 Å². The summed E-state index contributed by atoms with van der Waals surface area (Å²) in [4.78, 5) is 11.5. The SMILES string of the molecule is C#CC(C)(C)NCC(=O)Nc1ccccc1. The van der Waals surface area contributed by atoms with E-state index in [9.17, 15) is 4.79 Å². The molecular formula is C13H16N2O. The van der Waals surface area contributed by atoms with Crippen LogP contribution in [0.2, 0.25) is 0 Å². The summed E-state index contributed by atoms with van der Waals surface area (Å²) in [5.74, 6) is 2.47. The van der Waals surface area contributed by atoms with Gasteiger partial charge in [-0.2, -0.15) is 0 Å². The van der Waals surface area contributed by atoms with E-state index in [4.69, 9.17) is 6.42 Å². The maximum Gasteiger partial charge on any atom is 0.238 e. The third kappa shape index (κ3) is 4.16. The maximum absolute atomic E-state index is 11.5. The molecule has 0 unspecified atom stereocenters. The van der Waals surface area contributed by atoms with Crippen LogP contribution >= 0.6 is 0 Å². The molecule has 84 valence electrons. The summed E-state index contributed by atoms with van der Waals surface area (Å²) in [6.07, 6.45) is 5.30. The standard InChI is InChI=1S/C13H16N2O/c1-4-13(2,3)14-10-12(16)15-11-8-6-5-7-9-11/h1,5-9,14H,10H2,2-3H3,(H,15,16). The fraction of sp³-hybridized carbons (Fsp3) is 0.308. The van der Waals surface area contributed by atoms with Crippen molar-refractivity contribution in [3.8, 4) is 12.3 Å². The van der Waals surface area contributed by atoms with Gasteiger partial charge in [-0.1, -0.05) is 24.1 Å². The van der Waals surface area contributed by atoms with Gasteiger partial charge in [-0.05, 0) is 26.0 Å². The zero-order valence-corrected chi connectivity index (χ0v) is 9.58. The number of rotatable bonds is 4. The summed E-state index contributed by atoms with van der Waals surface area (Å²) in [6, 6.07) is 9.31. The van der Waals surface area contributed by atoms with E-state index in [1.54, 1.807) is 0 Å². The molecule has 3 nitrogen and oxygen atoms in total. The Labute approximate surface area is 96.2 Å². The van der Waals surface area contributed by atoms with Crippen molar-refractivity contribution in [1.82, 2.24) is 5.32 Å². The third-order valence-corrected chi connectivity index (χ3v) is 2.11. The first-order valence-corrected chi connectivity index (χ1v) is 5.11. The second-order valence-electron chi connectivity index (χ2n) is 4.04. The minimum Gasteiger partial charge on any atom is -0.325 e. The fourth-order valence-corrected chi connectivity index (χ4v) is 1.08. The van der Waals surface area contributed by atoms with E-state index in [2.05, 4.69) is 16.6 Å². The van der Waals surface area contributed by atoms with E-state index in [-0.39, 0.29) is 12.5 Å². The number of carbonyl (C=O) groups is 1. The highest BCUT2D eigenvalue weighted by atomic mass is 16.1. The largest absolute Gasteiger partial charge is 0.325 e. The van der Waals surface area contributed by atoms with Crippen LogP contribution in [-0.4, -0.2) is 18.0 Å². The monoisotopic (exact) mass is 216 g/mol. The number of benzene rings is 1. The van der Waals surface area contributed by atoms with Crippen molar-refractivity contribution < 1.29 is 4.79 Å². The zero-order valence-electron chi connectivity index (χ0n) is 9.58. The van der Waals surface area contributed by atoms with Crippen LogP contribution in [0.1, 0.15) is 13.8 Å².